The molecule has 0 amide bonds. The molecular formula is C15H18N6. The number of imidazole rings is 1. The highest BCUT2D eigenvalue weighted by molar-refractivity contribution is 5.56. The van der Waals surface area contributed by atoms with Crippen LogP contribution in [-0.4, -0.2) is 24.3 Å². The van der Waals surface area contributed by atoms with Gasteiger partial charge in [0.2, 0.25) is 0 Å². The third-order valence-corrected chi connectivity index (χ3v) is 3.27. The molecule has 3 heterocycles. The summed E-state index contributed by atoms with van der Waals surface area (Å²) in [6, 6.07) is 6.19. The first-order valence-electron chi connectivity index (χ1n) is 6.95. The lowest BCUT2D eigenvalue weighted by Crippen LogP contribution is -2.11. The Hall–Kier alpha value is -2.63. The van der Waals surface area contributed by atoms with E-state index in [1.54, 1.807) is 17.1 Å². The molecule has 6 nitrogen and oxygen atoms in total. The minimum Gasteiger partial charge on any atom is -0.376 e. The fraction of sp³-hybridized carbons (Fsp3) is 0.267. The van der Waals surface area contributed by atoms with Crippen LogP contribution in [0.1, 0.15) is 25.6 Å². The van der Waals surface area contributed by atoms with Gasteiger partial charge in [-0.15, -0.1) is 0 Å². The van der Waals surface area contributed by atoms with Gasteiger partial charge in [0.05, 0.1) is 24.3 Å². The Morgan fingerprint density at radius 1 is 1.24 bits per heavy atom. The molecule has 0 radical (unpaired) electrons. The Kier molecular flexibility index (Phi) is 3.68. The van der Waals surface area contributed by atoms with Crippen LogP contribution in [0.2, 0.25) is 0 Å². The van der Waals surface area contributed by atoms with Crippen molar-refractivity contribution >= 4 is 5.69 Å². The average Bonchev–Trinajstić information content (AvgIpc) is 3.16. The average molecular weight is 282 g/mol. The molecule has 0 spiro atoms. The summed E-state index contributed by atoms with van der Waals surface area (Å²) in [6.07, 6.45) is 9.13. The minimum absolute atomic E-state index is 0.392. The molecular weight excluding hydrogens is 264 g/mol. The van der Waals surface area contributed by atoms with Gasteiger partial charge in [0.25, 0.3) is 0 Å². The van der Waals surface area contributed by atoms with Crippen molar-refractivity contribution in [3.05, 3.63) is 55.0 Å². The lowest BCUT2D eigenvalue weighted by atomic mass is 10.3. The first kappa shape index (κ1) is 13.4. The molecule has 3 aromatic heterocycles. The maximum atomic E-state index is 4.39. The van der Waals surface area contributed by atoms with Crippen LogP contribution in [0.3, 0.4) is 0 Å². The highest BCUT2D eigenvalue weighted by Crippen LogP contribution is 2.18. The Morgan fingerprint density at radius 3 is 2.90 bits per heavy atom. The Balaban J connectivity index is 1.81. The van der Waals surface area contributed by atoms with E-state index in [9.17, 15) is 0 Å². The monoisotopic (exact) mass is 282 g/mol. The van der Waals surface area contributed by atoms with Crippen LogP contribution in [0.4, 0.5) is 5.69 Å². The van der Waals surface area contributed by atoms with Gasteiger partial charge in [-0.05, 0) is 32.0 Å². The summed E-state index contributed by atoms with van der Waals surface area (Å²) in [4.78, 5) is 8.61. The van der Waals surface area contributed by atoms with Crippen molar-refractivity contribution in [1.82, 2.24) is 24.3 Å². The van der Waals surface area contributed by atoms with Crippen molar-refractivity contribution < 1.29 is 0 Å². The fourth-order valence-corrected chi connectivity index (χ4v) is 2.23. The molecule has 0 aliphatic carbocycles. The number of pyridine rings is 1. The number of nitrogens with zero attached hydrogens (tertiary/aromatic N) is 5. The van der Waals surface area contributed by atoms with E-state index < -0.39 is 0 Å². The van der Waals surface area contributed by atoms with Crippen LogP contribution in [0, 0.1) is 0 Å². The third-order valence-electron chi connectivity index (χ3n) is 3.27. The SMILES string of the molecule is CC(C)n1cncc1CNc1cccnc1-n1cccn1. The first-order chi connectivity index (χ1) is 10.3. The van der Waals surface area contributed by atoms with Gasteiger partial charge in [0.1, 0.15) is 0 Å². The van der Waals surface area contributed by atoms with Crippen LogP contribution in [-0.2, 0) is 6.54 Å². The Labute approximate surface area is 123 Å². The van der Waals surface area contributed by atoms with Crippen LogP contribution in [0.15, 0.2) is 49.3 Å². The highest BCUT2D eigenvalue weighted by Gasteiger charge is 2.08. The number of aromatic nitrogens is 5. The summed E-state index contributed by atoms with van der Waals surface area (Å²) in [5, 5.41) is 7.65. The molecule has 3 rings (SSSR count). The summed E-state index contributed by atoms with van der Waals surface area (Å²) < 4.78 is 3.90. The maximum Gasteiger partial charge on any atom is 0.176 e. The topological polar surface area (TPSA) is 60.6 Å². The molecule has 6 heteroatoms. The minimum atomic E-state index is 0.392. The van der Waals surface area contributed by atoms with Crippen molar-refractivity contribution in [2.24, 2.45) is 0 Å². The Bertz CT molecular complexity index is 699. The number of anilines is 1. The van der Waals surface area contributed by atoms with E-state index in [0.29, 0.717) is 12.6 Å². The molecule has 0 aliphatic rings. The van der Waals surface area contributed by atoms with Crippen molar-refractivity contribution in [2.45, 2.75) is 26.4 Å². The third kappa shape index (κ3) is 2.79. The van der Waals surface area contributed by atoms with Crippen LogP contribution in [0.5, 0.6) is 0 Å². The van der Waals surface area contributed by atoms with Gasteiger partial charge >= 0.3 is 0 Å². The molecule has 0 saturated carbocycles. The van der Waals surface area contributed by atoms with E-state index in [-0.39, 0.29) is 0 Å². The normalized spacial score (nSPS) is 11.0. The number of hydrogen-bond donors (Lipinski definition) is 1. The summed E-state index contributed by atoms with van der Waals surface area (Å²) in [6.45, 7) is 4.98. The second kappa shape index (κ2) is 5.78. The lowest BCUT2D eigenvalue weighted by Gasteiger charge is -2.14. The standard InChI is InChI=1S/C15H18N6/c1-12(2)20-11-16-9-13(20)10-18-14-5-3-6-17-15(14)21-8-4-7-19-21/h3-9,11-12,18H,10H2,1-2H3. The predicted octanol–water partition coefficient (Wildman–Crippen LogP) is 2.66. The largest absolute Gasteiger partial charge is 0.376 e. The highest BCUT2D eigenvalue weighted by atomic mass is 15.3. The number of rotatable bonds is 5. The molecule has 0 aromatic carbocycles. The Morgan fingerprint density at radius 2 is 2.14 bits per heavy atom. The van der Waals surface area contributed by atoms with Gasteiger partial charge in [0.15, 0.2) is 5.82 Å². The molecule has 1 N–H and O–H groups in total. The first-order valence-corrected chi connectivity index (χ1v) is 6.95. The van der Waals surface area contributed by atoms with Gasteiger partial charge in [0, 0.05) is 30.8 Å². The molecule has 0 atom stereocenters. The predicted molar refractivity (Wildman–Crippen MR) is 81.3 cm³/mol. The van der Waals surface area contributed by atoms with E-state index >= 15 is 0 Å². The van der Waals surface area contributed by atoms with Gasteiger partial charge in [-0.1, -0.05) is 0 Å². The van der Waals surface area contributed by atoms with Crippen LogP contribution in [0.25, 0.3) is 5.82 Å². The quantitative estimate of drug-likeness (QED) is 0.781. The molecule has 0 aliphatic heterocycles. The maximum absolute atomic E-state index is 4.39. The smallest absolute Gasteiger partial charge is 0.176 e. The van der Waals surface area contributed by atoms with Gasteiger partial charge < -0.3 is 9.88 Å². The molecule has 21 heavy (non-hydrogen) atoms. The molecule has 0 unspecified atom stereocenters. The van der Waals surface area contributed by atoms with E-state index in [4.69, 9.17) is 0 Å². The lowest BCUT2D eigenvalue weighted by molar-refractivity contribution is 0.577. The zero-order valence-corrected chi connectivity index (χ0v) is 12.1. The second-order valence-corrected chi connectivity index (χ2v) is 5.06. The summed E-state index contributed by atoms with van der Waals surface area (Å²) >= 11 is 0. The van der Waals surface area contributed by atoms with Gasteiger partial charge in [-0.3, -0.25) is 0 Å². The van der Waals surface area contributed by atoms with E-state index in [1.807, 2.05) is 36.9 Å². The second-order valence-electron chi connectivity index (χ2n) is 5.06. The molecule has 3 aromatic rings. The van der Waals surface area contributed by atoms with Crippen LogP contribution >= 0.6 is 0 Å². The van der Waals surface area contributed by atoms with Gasteiger partial charge in [-0.2, -0.15) is 5.10 Å². The molecule has 0 fully saturated rings. The zero-order valence-electron chi connectivity index (χ0n) is 12.1. The van der Waals surface area contributed by atoms with E-state index in [1.165, 1.54) is 0 Å². The molecule has 0 saturated heterocycles. The zero-order chi connectivity index (χ0) is 14.7. The summed E-state index contributed by atoms with van der Waals surface area (Å²) in [7, 11) is 0. The van der Waals surface area contributed by atoms with Crippen molar-refractivity contribution in [2.75, 3.05) is 5.32 Å². The van der Waals surface area contributed by atoms with E-state index in [0.717, 1.165) is 17.2 Å². The molecule has 0 bridgehead atoms. The van der Waals surface area contributed by atoms with Crippen LogP contribution < -0.4 is 5.32 Å². The van der Waals surface area contributed by atoms with Crippen molar-refractivity contribution in [3.8, 4) is 5.82 Å². The number of nitrogens with one attached hydrogen (secondary N) is 1. The van der Waals surface area contributed by atoms with E-state index in [2.05, 4.69) is 38.8 Å². The number of hydrogen-bond acceptors (Lipinski definition) is 4. The van der Waals surface area contributed by atoms with Gasteiger partial charge in [-0.25, -0.2) is 14.6 Å². The van der Waals surface area contributed by atoms with Crippen molar-refractivity contribution in [3.63, 3.8) is 0 Å². The summed E-state index contributed by atoms with van der Waals surface area (Å²) in [5.74, 6) is 0.790. The summed E-state index contributed by atoms with van der Waals surface area (Å²) in [5.41, 5.74) is 2.08. The fourth-order valence-electron chi connectivity index (χ4n) is 2.23. The molecule has 108 valence electrons. The van der Waals surface area contributed by atoms with Crippen molar-refractivity contribution in [1.29, 1.82) is 0 Å².